The van der Waals surface area contributed by atoms with E-state index in [1.165, 1.54) is 6.42 Å². The molecule has 1 aliphatic carbocycles. The lowest BCUT2D eigenvalue weighted by atomic mass is 10.0. The van der Waals surface area contributed by atoms with Gasteiger partial charge in [-0.15, -0.1) is 0 Å². The van der Waals surface area contributed by atoms with E-state index < -0.39 is 0 Å². The second-order valence-electron chi connectivity index (χ2n) is 5.01. The van der Waals surface area contributed by atoms with Crippen LogP contribution in [0.4, 0.5) is 0 Å². The predicted molar refractivity (Wildman–Crippen MR) is 60.0 cm³/mol. The Balaban J connectivity index is 1.63. The molecule has 1 unspecified atom stereocenters. The summed E-state index contributed by atoms with van der Waals surface area (Å²) in [6, 6.07) is 0. The van der Waals surface area contributed by atoms with Gasteiger partial charge in [0.1, 0.15) is 0 Å². The zero-order valence-electron chi connectivity index (χ0n) is 9.71. The second kappa shape index (κ2) is 5.15. The molecule has 1 saturated carbocycles. The standard InChI is InChI=1S/C12H21NO3/c14-9-12(6-7-12)13-11(15)5-4-10-3-1-2-8-16-10/h10,14H,1-9H2,(H,13,15). The smallest absolute Gasteiger partial charge is 0.220 e. The summed E-state index contributed by atoms with van der Waals surface area (Å²) < 4.78 is 5.57. The van der Waals surface area contributed by atoms with Crippen molar-refractivity contribution in [3.63, 3.8) is 0 Å². The van der Waals surface area contributed by atoms with Crippen LogP contribution in [-0.4, -0.2) is 35.9 Å². The molecule has 1 aliphatic heterocycles. The minimum atomic E-state index is -0.273. The Morgan fingerprint density at radius 3 is 2.81 bits per heavy atom. The molecule has 1 saturated heterocycles. The Morgan fingerprint density at radius 2 is 2.25 bits per heavy atom. The van der Waals surface area contributed by atoms with E-state index in [1.807, 2.05) is 0 Å². The van der Waals surface area contributed by atoms with Crippen LogP contribution in [0.3, 0.4) is 0 Å². The number of nitrogens with one attached hydrogen (secondary N) is 1. The number of hydrogen-bond donors (Lipinski definition) is 2. The summed E-state index contributed by atoms with van der Waals surface area (Å²) >= 11 is 0. The molecule has 0 bridgehead atoms. The van der Waals surface area contributed by atoms with E-state index in [0.717, 1.165) is 38.7 Å². The fourth-order valence-electron chi connectivity index (χ4n) is 2.16. The van der Waals surface area contributed by atoms with Gasteiger partial charge in [0, 0.05) is 13.0 Å². The van der Waals surface area contributed by atoms with Gasteiger partial charge in [0.2, 0.25) is 5.91 Å². The molecule has 0 spiro atoms. The summed E-state index contributed by atoms with van der Waals surface area (Å²) in [5.41, 5.74) is -0.273. The van der Waals surface area contributed by atoms with Crippen molar-refractivity contribution in [2.45, 2.75) is 56.6 Å². The normalized spacial score (nSPS) is 27.4. The van der Waals surface area contributed by atoms with Gasteiger partial charge in [-0.3, -0.25) is 4.79 Å². The minimum Gasteiger partial charge on any atom is -0.394 e. The molecule has 2 rings (SSSR count). The van der Waals surface area contributed by atoms with Crippen molar-refractivity contribution in [1.29, 1.82) is 0 Å². The molecule has 16 heavy (non-hydrogen) atoms. The van der Waals surface area contributed by atoms with Gasteiger partial charge in [-0.05, 0) is 38.5 Å². The number of hydrogen-bond acceptors (Lipinski definition) is 3. The van der Waals surface area contributed by atoms with Crippen LogP contribution in [0.25, 0.3) is 0 Å². The summed E-state index contributed by atoms with van der Waals surface area (Å²) in [4.78, 5) is 11.6. The number of aliphatic hydroxyl groups excluding tert-OH is 1. The van der Waals surface area contributed by atoms with Crippen molar-refractivity contribution in [3.8, 4) is 0 Å². The van der Waals surface area contributed by atoms with Crippen LogP contribution < -0.4 is 5.32 Å². The molecule has 1 amide bonds. The summed E-state index contributed by atoms with van der Waals surface area (Å²) in [5, 5.41) is 12.0. The van der Waals surface area contributed by atoms with Crippen molar-refractivity contribution in [2.24, 2.45) is 0 Å². The summed E-state index contributed by atoms with van der Waals surface area (Å²) in [5.74, 6) is 0.0562. The van der Waals surface area contributed by atoms with Gasteiger partial charge < -0.3 is 15.2 Å². The zero-order chi connectivity index (χ0) is 11.4. The molecule has 1 atom stereocenters. The molecule has 0 aromatic heterocycles. The number of carbonyl (C=O) groups excluding carboxylic acids is 1. The van der Waals surface area contributed by atoms with Crippen molar-refractivity contribution in [2.75, 3.05) is 13.2 Å². The first-order valence-electron chi connectivity index (χ1n) is 6.28. The lowest BCUT2D eigenvalue weighted by Crippen LogP contribution is -2.39. The highest BCUT2D eigenvalue weighted by molar-refractivity contribution is 5.77. The Bertz CT molecular complexity index is 245. The molecule has 2 N–H and O–H groups in total. The Kier molecular flexibility index (Phi) is 3.82. The number of ether oxygens (including phenoxy) is 1. The first-order chi connectivity index (χ1) is 7.74. The van der Waals surface area contributed by atoms with Crippen LogP contribution in [0.15, 0.2) is 0 Å². The van der Waals surface area contributed by atoms with E-state index >= 15 is 0 Å². The number of amides is 1. The second-order valence-corrected chi connectivity index (χ2v) is 5.01. The first-order valence-corrected chi connectivity index (χ1v) is 6.28. The zero-order valence-corrected chi connectivity index (χ0v) is 9.71. The van der Waals surface area contributed by atoms with E-state index in [9.17, 15) is 4.79 Å². The van der Waals surface area contributed by atoms with Gasteiger partial charge in [0.15, 0.2) is 0 Å². The van der Waals surface area contributed by atoms with Crippen molar-refractivity contribution in [1.82, 2.24) is 5.32 Å². The Hall–Kier alpha value is -0.610. The van der Waals surface area contributed by atoms with Crippen molar-refractivity contribution < 1.29 is 14.6 Å². The average Bonchev–Trinajstić information content (AvgIpc) is 3.08. The van der Waals surface area contributed by atoms with Crippen LogP contribution in [0.5, 0.6) is 0 Å². The number of carbonyl (C=O) groups is 1. The molecule has 4 nitrogen and oxygen atoms in total. The van der Waals surface area contributed by atoms with Crippen LogP contribution in [0, 0.1) is 0 Å². The fourth-order valence-corrected chi connectivity index (χ4v) is 2.16. The van der Waals surface area contributed by atoms with E-state index in [0.29, 0.717) is 6.42 Å². The maximum absolute atomic E-state index is 11.6. The molecular formula is C12H21NO3. The van der Waals surface area contributed by atoms with Crippen molar-refractivity contribution in [3.05, 3.63) is 0 Å². The molecule has 1 heterocycles. The van der Waals surface area contributed by atoms with Gasteiger partial charge in [0.25, 0.3) is 0 Å². The minimum absolute atomic E-state index is 0.0562. The van der Waals surface area contributed by atoms with Crippen LogP contribution in [0.1, 0.15) is 44.9 Å². The van der Waals surface area contributed by atoms with Gasteiger partial charge in [-0.25, -0.2) is 0 Å². The topological polar surface area (TPSA) is 58.6 Å². The largest absolute Gasteiger partial charge is 0.394 e. The van der Waals surface area contributed by atoms with Crippen LogP contribution in [0.2, 0.25) is 0 Å². The maximum atomic E-state index is 11.6. The van der Waals surface area contributed by atoms with E-state index in [4.69, 9.17) is 9.84 Å². The summed E-state index contributed by atoms with van der Waals surface area (Å²) in [6.45, 7) is 0.908. The molecule has 4 heteroatoms. The van der Waals surface area contributed by atoms with E-state index in [-0.39, 0.29) is 24.2 Å². The van der Waals surface area contributed by atoms with Gasteiger partial charge in [-0.2, -0.15) is 0 Å². The highest BCUT2D eigenvalue weighted by atomic mass is 16.5. The third kappa shape index (κ3) is 3.19. The van der Waals surface area contributed by atoms with Crippen LogP contribution >= 0.6 is 0 Å². The number of rotatable bonds is 5. The molecule has 92 valence electrons. The van der Waals surface area contributed by atoms with E-state index in [2.05, 4.69) is 5.32 Å². The predicted octanol–water partition coefficient (Wildman–Crippen LogP) is 0.977. The van der Waals surface area contributed by atoms with Crippen molar-refractivity contribution >= 4 is 5.91 Å². The molecule has 0 aromatic rings. The Morgan fingerprint density at radius 1 is 1.44 bits per heavy atom. The monoisotopic (exact) mass is 227 g/mol. The highest BCUT2D eigenvalue weighted by Gasteiger charge is 2.43. The van der Waals surface area contributed by atoms with E-state index in [1.54, 1.807) is 0 Å². The van der Waals surface area contributed by atoms with Gasteiger partial charge in [0.05, 0.1) is 18.2 Å². The lowest BCUT2D eigenvalue weighted by molar-refractivity contribution is -0.123. The third-order valence-electron chi connectivity index (χ3n) is 3.53. The quantitative estimate of drug-likeness (QED) is 0.736. The SMILES string of the molecule is O=C(CCC1CCCCO1)NC1(CO)CC1. The maximum Gasteiger partial charge on any atom is 0.220 e. The fraction of sp³-hybridized carbons (Fsp3) is 0.917. The average molecular weight is 227 g/mol. The first kappa shape index (κ1) is 11.9. The Labute approximate surface area is 96.4 Å². The van der Waals surface area contributed by atoms with Gasteiger partial charge in [-0.1, -0.05) is 0 Å². The third-order valence-corrected chi connectivity index (χ3v) is 3.53. The molecule has 2 aliphatic rings. The summed E-state index contributed by atoms with van der Waals surface area (Å²) in [7, 11) is 0. The van der Waals surface area contributed by atoms with Gasteiger partial charge >= 0.3 is 0 Å². The van der Waals surface area contributed by atoms with Crippen LogP contribution in [-0.2, 0) is 9.53 Å². The molecule has 2 fully saturated rings. The lowest BCUT2D eigenvalue weighted by Gasteiger charge is -2.22. The molecular weight excluding hydrogens is 206 g/mol. The molecule has 0 radical (unpaired) electrons. The highest BCUT2D eigenvalue weighted by Crippen LogP contribution is 2.34. The summed E-state index contributed by atoms with van der Waals surface area (Å²) in [6.07, 6.45) is 6.87. The number of aliphatic hydroxyl groups is 1. The molecule has 0 aromatic carbocycles.